The number of hydrogen-bond donors (Lipinski definition) is 2. The van der Waals surface area contributed by atoms with Gasteiger partial charge in [0.2, 0.25) is 0 Å². The molecule has 0 fully saturated rings. The third kappa shape index (κ3) is 10.5. The van der Waals surface area contributed by atoms with Crippen LogP contribution in [0.1, 0.15) is 12.8 Å². The molecule has 0 aliphatic rings. The number of hydrogen-bond acceptors (Lipinski definition) is 4. The minimum Gasteiger partial charge on any atom is -0.548 e. The second kappa shape index (κ2) is 9.58. The fraction of sp³-hybridized carbons (Fsp3) is 0.600. The molecule has 66 valence electrons. The van der Waals surface area contributed by atoms with Gasteiger partial charge in [-0.05, 0) is 6.42 Å². The summed E-state index contributed by atoms with van der Waals surface area (Å²) < 4.78 is 0. The number of aliphatic carboxylic acids is 2. The molecule has 0 spiro atoms. The van der Waals surface area contributed by atoms with Crippen LogP contribution < -0.4 is 62.2 Å². The standard InChI is InChI=1S/C5H9NO4.K.H2O/c6-3(5(9)10)1-2-4(7)8;;/h3H,1-2,6H2,(H,7,8)(H,9,10);;1H2/q;+1;/p-1. The Morgan fingerprint density at radius 3 is 2.17 bits per heavy atom. The molecule has 0 aliphatic carbocycles. The van der Waals surface area contributed by atoms with Crippen molar-refractivity contribution in [3.05, 3.63) is 0 Å². The fourth-order valence-electron chi connectivity index (χ4n) is 0.397. The van der Waals surface area contributed by atoms with E-state index in [0.717, 1.165) is 0 Å². The Kier molecular flexibility index (Phi) is 14.6. The van der Waals surface area contributed by atoms with Gasteiger partial charge in [0.25, 0.3) is 0 Å². The van der Waals surface area contributed by atoms with Gasteiger partial charge in [-0.3, -0.25) is 4.79 Å². The predicted octanol–water partition coefficient (Wildman–Crippen LogP) is -5.89. The molecule has 1 unspecified atom stereocenters. The number of carbonyl (C=O) groups is 2. The minimum absolute atomic E-state index is 0. The maximum absolute atomic E-state index is 9.88. The van der Waals surface area contributed by atoms with Gasteiger partial charge in [0.15, 0.2) is 0 Å². The quantitative estimate of drug-likeness (QED) is 0.438. The van der Waals surface area contributed by atoms with E-state index >= 15 is 0 Å². The van der Waals surface area contributed by atoms with Crippen molar-refractivity contribution in [1.82, 2.24) is 0 Å². The molecule has 5 N–H and O–H groups in total. The first-order valence-electron chi connectivity index (χ1n) is 2.72. The van der Waals surface area contributed by atoms with Crippen molar-refractivity contribution in [1.29, 1.82) is 0 Å². The van der Waals surface area contributed by atoms with Crippen LogP contribution in [0.15, 0.2) is 0 Å². The topological polar surface area (TPSA) is 135 Å². The second-order valence-corrected chi connectivity index (χ2v) is 1.86. The van der Waals surface area contributed by atoms with Crippen LogP contribution in [0.3, 0.4) is 0 Å². The summed E-state index contributed by atoms with van der Waals surface area (Å²) >= 11 is 0. The van der Waals surface area contributed by atoms with E-state index in [1.807, 2.05) is 0 Å². The Bertz CT molecular complexity index is 151. The molecule has 0 saturated carbocycles. The summed E-state index contributed by atoms with van der Waals surface area (Å²) in [6.45, 7) is 0. The average Bonchev–Trinajstić information content (AvgIpc) is 1.82. The molecule has 0 aromatic carbocycles. The first-order chi connectivity index (χ1) is 4.54. The van der Waals surface area contributed by atoms with Gasteiger partial charge >= 0.3 is 57.4 Å². The van der Waals surface area contributed by atoms with Crippen LogP contribution in [0, 0.1) is 0 Å². The molecule has 0 radical (unpaired) electrons. The van der Waals surface area contributed by atoms with E-state index in [1.54, 1.807) is 0 Å². The van der Waals surface area contributed by atoms with Crippen molar-refractivity contribution in [2.24, 2.45) is 5.73 Å². The third-order valence-electron chi connectivity index (χ3n) is 0.972. The summed E-state index contributed by atoms with van der Waals surface area (Å²) in [5, 5.41) is 18.0. The summed E-state index contributed by atoms with van der Waals surface area (Å²) in [5.41, 5.74) is 4.94. The van der Waals surface area contributed by atoms with Crippen LogP contribution in [-0.2, 0) is 9.59 Å². The molecule has 0 heterocycles. The smallest absolute Gasteiger partial charge is 0.548 e. The summed E-state index contributed by atoms with van der Waals surface area (Å²) in [5.74, 6) is -2.47. The van der Waals surface area contributed by atoms with Crippen LogP contribution in [-0.4, -0.2) is 28.6 Å². The zero-order valence-corrected chi connectivity index (χ0v) is 9.86. The van der Waals surface area contributed by atoms with E-state index in [9.17, 15) is 14.7 Å². The van der Waals surface area contributed by atoms with E-state index < -0.39 is 18.0 Å². The molecule has 0 amide bonds. The van der Waals surface area contributed by atoms with Crippen LogP contribution in [0.4, 0.5) is 0 Å². The SMILES string of the molecule is NC(CCC(=O)O)C(=O)[O-].O.[K+]. The number of carboxylic acid groups (broad SMARTS) is 2. The Morgan fingerprint density at radius 1 is 1.50 bits per heavy atom. The molecule has 0 aromatic rings. The normalized spacial score (nSPS) is 10.4. The maximum atomic E-state index is 9.88. The summed E-state index contributed by atoms with van der Waals surface area (Å²) in [6, 6.07) is -1.17. The number of carboxylic acids is 2. The van der Waals surface area contributed by atoms with Crippen molar-refractivity contribution in [2.45, 2.75) is 18.9 Å². The van der Waals surface area contributed by atoms with Gasteiger partial charge in [0.05, 0.1) is 5.97 Å². The fourth-order valence-corrected chi connectivity index (χ4v) is 0.397. The third-order valence-corrected chi connectivity index (χ3v) is 0.972. The number of carbonyl (C=O) groups excluding carboxylic acids is 1. The zero-order valence-electron chi connectivity index (χ0n) is 6.74. The van der Waals surface area contributed by atoms with Crippen LogP contribution in [0.2, 0.25) is 0 Å². The van der Waals surface area contributed by atoms with E-state index in [4.69, 9.17) is 10.8 Å². The van der Waals surface area contributed by atoms with Gasteiger partial charge in [0.1, 0.15) is 0 Å². The van der Waals surface area contributed by atoms with Crippen LogP contribution >= 0.6 is 0 Å². The summed E-state index contributed by atoms with van der Waals surface area (Å²) in [7, 11) is 0. The van der Waals surface area contributed by atoms with Gasteiger partial charge in [-0.2, -0.15) is 0 Å². The Balaban J connectivity index is -0.000000405. The molecule has 6 nitrogen and oxygen atoms in total. The van der Waals surface area contributed by atoms with Crippen molar-refractivity contribution in [3.63, 3.8) is 0 Å². The van der Waals surface area contributed by atoms with Crippen molar-refractivity contribution >= 4 is 11.9 Å². The minimum atomic E-state index is -1.42. The number of rotatable bonds is 4. The molecule has 0 saturated heterocycles. The molecule has 7 heteroatoms. The van der Waals surface area contributed by atoms with Gasteiger partial charge < -0.3 is 26.2 Å². The monoisotopic (exact) mass is 203 g/mol. The second-order valence-electron chi connectivity index (χ2n) is 1.86. The molecular formula is C5H10KNO5. The van der Waals surface area contributed by atoms with Crippen molar-refractivity contribution in [2.75, 3.05) is 0 Å². The predicted molar refractivity (Wildman–Crippen MR) is 33.5 cm³/mol. The number of nitrogens with two attached hydrogens (primary N) is 1. The molecule has 0 aliphatic heterocycles. The summed E-state index contributed by atoms with van der Waals surface area (Å²) in [4.78, 5) is 19.7. The van der Waals surface area contributed by atoms with E-state index in [0.29, 0.717) is 0 Å². The van der Waals surface area contributed by atoms with Crippen molar-refractivity contribution in [3.8, 4) is 0 Å². The maximum Gasteiger partial charge on any atom is 1.00 e. The largest absolute Gasteiger partial charge is 1.00 e. The Labute approximate surface area is 112 Å². The van der Waals surface area contributed by atoms with Gasteiger partial charge in [-0.25, -0.2) is 0 Å². The first-order valence-corrected chi connectivity index (χ1v) is 2.72. The molecule has 0 rings (SSSR count). The summed E-state index contributed by atoms with van der Waals surface area (Å²) in [6.07, 6.45) is -0.327. The Hall–Kier alpha value is 0.496. The van der Waals surface area contributed by atoms with Gasteiger partial charge in [-0.1, -0.05) is 0 Å². The molecule has 1 atom stereocenters. The molecule has 0 aromatic heterocycles. The van der Waals surface area contributed by atoms with E-state index in [2.05, 4.69) is 0 Å². The van der Waals surface area contributed by atoms with Crippen molar-refractivity contribution < 1.29 is 76.7 Å². The molecular weight excluding hydrogens is 193 g/mol. The zero-order chi connectivity index (χ0) is 8.15. The molecule has 0 bridgehead atoms. The van der Waals surface area contributed by atoms with Crippen LogP contribution in [0.25, 0.3) is 0 Å². The van der Waals surface area contributed by atoms with Gasteiger partial charge in [-0.15, -0.1) is 0 Å². The van der Waals surface area contributed by atoms with E-state index in [1.165, 1.54) is 0 Å². The Morgan fingerprint density at radius 2 is 1.92 bits per heavy atom. The van der Waals surface area contributed by atoms with E-state index in [-0.39, 0.29) is 69.7 Å². The van der Waals surface area contributed by atoms with Gasteiger partial charge in [0, 0.05) is 12.5 Å². The first kappa shape index (κ1) is 18.3. The average molecular weight is 203 g/mol. The van der Waals surface area contributed by atoms with Crippen LogP contribution in [0.5, 0.6) is 0 Å². The molecule has 12 heavy (non-hydrogen) atoms.